The summed E-state index contributed by atoms with van der Waals surface area (Å²) < 4.78 is 26.7. The molecule has 0 aromatic carbocycles. The number of aliphatic carboxylic acids is 1. The van der Waals surface area contributed by atoms with E-state index in [4.69, 9.17) is 29.4 Å². The van der Waals surface area contributed by atoms with Crippen molar-refractivity contribution in [3.63, 3.8) is 0 Å². The molecule has 10 heteroatoms. The number of carboxylic acids is 1. The van der Waals surface area contributed by atoms with Crippen LogP contribution in [0, 0.1) is 0 Å². The first-order valence-corrected chi connectivity index (χ1v) is 10.3. The highest BCUT2D eigenvalue weighted by Gasteiger charge is 2.27. The quantitative estimate of drug-likeness (QED) is 0.275. The lowest BCUT2D eigenvalue weighted by atomic mass is 10.1. The Kier molecular flexibility index (Phi) is 12.8. The Bertz CT molecular complexity index is 528. The van der Waals surface area contributed by atoms with Gasteiger partial charge in [0.2, 0.25) is 0 Å². The monoisotopic (exact) mass is 448 g/mol. The normalized spacial score (nSPS) is 12.5. The van der Waals surface area contributed by atoms with Crippen LogP contribution in [0.25, 0.3) is 0 Å². The van der Waals surface area contributed by atoms with E-state index < -0.39 is 34.6 Å². The van der Waals surface area contributed by atoms with E-state index in [9.17, 15) is 19.5 Å². The third-order valence-electron chi connectivity index (χ3n) is 3.36. The van der Waals surface area contributed by atoms with Gasteiger partial charge in [-0.05, 0) is 41.5 Å². The molecule has 0 fully saturated rings. The first-order chi connectivity index (χ1) is 14.1. The fraction of sp³-hybridized carbons (Fsp3) is 0.857. The minimum absolute atomic E-state index is 0.00639. The maximum Gasteiger partial charge on any atom is 0.308 e. The standard InChI is InChI=1S/C21H39NO9/c1-19(2,3)30-17(25)8-11-28-14-21(22,13-27-10-7-16(23)24)15-29-12-9-18(26)31-20(4,5)6/h7-15,22H2,1-6H3,(H,23,24)/p-1. The number of carboxylic acid groups (broad SMARTS) is 1. The smallest absolute Gasteiger partial charge is 0.308 e. The zero-order chi connectivity index (χ0) is 24.1. The molecule has 0 aromatic heterocycles. The maximum atomic E-state index is 11.7. The van der Waals surface area contributed by atoms with Crippen LogP contribution in [-0.4, -0.2) is 74.3 Å². The largest absolute Gasteiger partial charge is 0.550 e. The summed E-state index contributed by atoms with van der Waals surface area (Å²) in [6.07, 6.45) is -0.161. The fourth-order valence-corrected chi connectivity index (χ4v) is 2.20. The molecule has 31 heavy (non-hydrogen) atoms. The Balaban J connectivity index is 4.49. The number of hydrogen-bond acceptors (Lipinski definition) is 10. The molecule has 0 aliphatic heterocycles. The Hall–Kier alpha value is -1.75. The van der Waals surface area contributed by atoms with Gasteiger partial charge in [-0.3, -0.25) is 9.59 Å². The summed E-state index contributed by atoms with van der Waals surface area (Å²) in [5.74, 6) is -2.02. The fourth-order valence-electron chi connectivity index (χ4n) is 2.20. The lowest BCUT2D eigenvalue weighted by Gasteiger charge is -2.29. The van der Waals surface area contributed by atoms with Gasteiger partial charge < -0.3 is 39.3 Å². The van der Waals surface area contributed by atoms with Crippen molar-refractivity contribution in [3.05, 3.63) is 0 Å². The molecule has 0 radical (unpaired) electrons. The van der Waals surface area contributed by atoms with Gasteiger partial charge in [-0.1, -0.05) is 0 Å². The van der Waals surface area contributed by atoms with Crippen molar-refractivity contribution >= 4 is 17.9 Å². The predicted octanol–water partition coefficient (Wildman–Crippen LogP) is 0.337. The van der Waals surface area contributed by atoms with Crippen LogP contribution in [-0.2, 0) is 38.1 Å². The minimum atomic E-state index is -1.23. The van der Waals surface area contributed by atoms with E-state index in [1.165, 1.54) is 0 Å². The van der Waals surface area contributed by atoms with Crippen molar-refractivity contribution in [1.29, 1.82) is 0 Å². The van der Waals surface area contributed by atoms with Gasteiger partial charge in [-0.15, -0.1) is 0 Å². The molecule has 0 atom stereocenters. The average molecular weight is 449 g/mol. The van der Waals surface area contributed by atoms with Crippen molar-refractivity contribution in [1.82, 2.24) is 0 Å². The Morgan fingerprint density at radius 2 is 1.00 bits per heavy atom. The predicted molar refractivity (Wildman–Crippen MR) is 110 cm³/mol. The average Bonchev–Trinajstić information content (AvgIpc) is 2.57. The second-order valence-corrected chi connectivity index (χ2v) is 9.32. The van der Waals surface area contributed by atoms with Gasteiger partial charge in [0.1, 0.15) is 11.2 Å². The topological polar surface area (TPSA) is 146 Å². The summed E-state index contributed by atoms with van der Waals surface area (Å²) in [5, 5.41) is 10.5. The van der Waals surface area contributed by atoms with Gasteiger partial charge in [0.25, 0.3) is 0 Å². The molecule has 0 spiro atoms. The number of nitrogens with two attached hydrogens (primary N) is 1. The van der Waals surface area contributed by atoms with Crippen molar-refractivity contribution in [2.75, 3.05) is 39.6 Å². The van der Waals surface area contributed by atoms with Crippen LogP contribution >= 0.6 is 0 Å². The van der Waals surface area contributed by atoms with Crippen LogP contribution in [0.1, 0.15) is 60.8 Å². The van der Waals surface area contributed by atoms with Crippen LogP contribution in [0.15, 0.2) is 0 Å². The molecule has 0 rings (SSSR count). The first kappa shape index (κ1) is 29.2. The van der Waals surface area contributed by atoms with E-state index in [1.807, 2.05) is 0 Å². The maximum absolute atomic E-state index is 11.7. The zero-order valence-electron chi connectivity index (χ0n) is 19.6. The SMILES string of the molecule is CC(C)(C)OC(=O)CCOCC(N)(COCCC(=O)[O-])COCCC(=O)OC(C)(C)C. The van der Waals surface area contributed by atoms with Gasteiger partial charge in [-0.25, -0.2) is 0 Å². The molecule has 0 aliphatic carbocycles. The number of carbonyl (C=O) groups excluding carboxylic acids is 3. The Labute approximate surface area is 184 Å². The van der Waals surface area contributed by atoms with Gasteiger partial charge >= 0.3 is 11.9 Å². The first-order valence-electron chi connectivity index (χ1n) is 10.3. The molecule has 0 bridgehead atoms. The summed E-state index contributed by atoms with van der Waals surface area (Å²) in [5.41, 5.74) is 4.02. The molecule has 2 N–H and O–H groups in total. The number of carbonyl (C=O) groups is 3. The highest BCUT2D eigenvalue weighted by molar-refractivity contribution is 5.70. The second-order valence-electron chi connectivity index (χ2n) is 9.32. The highest BCUT2D eigenvalue weighted by Crippen LogP contribution is 2.11. The molecule has 0 amide bonds. The van der Waals surface area contributed by atoms with Crippen LogP contribution in [0.3, 0.4) is 0 Å². The lowest BCUT2D eigenvalue weighted by Crippen LogP contribution is -2.53. The summed E-state index contributed by atoms with van der Waals surface area (Å²) in [6.45, 7) is 10.7. The molecular formula is C21H38NO9-. The molecule has 0 saturated carbocycles. The zero-order valence-corrected chi connectivity index (χ0v) is 19.6. The highest BCUT2D eigenvalue weighted by atomic mass is 16.6. The summed E-state index contributed by atoms with van der Waals surface area (Å²) in [6, 6.07) is 0. The number of ether oxygens (including phenoxy) is 5. The van der Waals surface area contributed by atoms with Gasteiger partial charge in [0.15, 0.2) is 0 Å². The van der Waals surface area contributed by atoms with Crippen LogP contribution in [0.5, 0.6) is 0 Å². The van der Waals surface area contributed by atoms with Crippen LogP contribution in [0.4, 0.5) is 0 Å². The van der Waals surface area contributed by atoms with Crippen molar-refractivity contribution in [2.45, 2.75) is 77.5 Å². The summed E-state index contributed by atoms with van der Waals surface area (Å²) in [4.78, 5) is 34.0. The molecular weight excluding hydrogens is 410 g/mol. The molecule has 182 valence electrons. The van der Waals surface area contributed by atoms with Crippen LogP contribution < -0.4 is 10.8 Å². The number of hydrogen-bond donors (Lipinski definition) is 1. The van der Waals surface area contributed by atoms with Gasteiger partial charge in [0.05, 0.1) is 58.0 Å². The minimum Gasteiger partial charge on any atom is -0.550 e. The van der Waals surface area contributed by atoms with Gasteiger partial charge in [-0.2, -0.15) is 0 Å². The van der Waals surface area contributed by atoms with Crippen molar-refractivity contribution in [2.24, 2.45) is 5.73 Å². The third kappa shape index (κ3) is 18.7. The Morgan fingerprint density at radius 1 is 0.677 bits per heavy atom. The van der Waals surface area contributed by atoms with Crippen LogP contribution in [0.2, 0.25) is 0 Å². The molecule has 10 nitrogen and oxygen atoms in total. The van der Waals surface area contributed by atoms with E-state index in [0.717, 1.165) is 0 Å². The molecule has 0 aliphatic rings. The Morgan fingerprint density at radius 3 is 1.29 bits per heavy atom. The molecule has 0 heterocycles. The van der Waals surface area contributed by atoms with E-state index >= 15 is 0 Å². The van der Waals surface area contributed by atoms with E-state index in [0.29, 0.717) is 0 Å². The summed E-state index contributed by atoms with van der Waals surface area (Å²) >= 11 is 0. The third-order valence-corrected chi connectivity index (χ3v) is 3.36. The second kappa shape index (κ2) is 13.6. The molecule has 0 unspecified atom stereocenters. The molecule has 0 aromatic rings. The molecule has 0 saturated heterocycles. The van der Waals surface area contributed by atoms with Crippen molar-refractivity contribution in [3.8, 4) is 0 Å². The number of esters is 2. The van der Waals surface area contributed by atoms with E-state index in [2.05, 4.69) is 0 Å². The van der Waals surface area contributed by atoms with Gasteiger partial charge in [0, 0.05) is 12.4 Å². The number of rotatable bonds is 15. The lowest BCUT2D eigenvalue weighted by molar-refractivity contribution is -0.306. The van der Waals surface area contributed by atoms with Crippen molar-refractivity contribution < 1.29 is 43.2 Å². The van der Waals surface area contributed by atoms with E-state index in [1.54, 1.807) is 41.5 Å². The van der Waals surface area contributed by atoms with E-state index in [-0.39, 0.29) is 58.9 Å². The summed E-state index contributed by atoms with van der Waals surface area (Å²) in [7, 11) is 0.